The number of thiazole rings is 1. The van der Waals surface area contributed by atoms with Gasteiger partial charge in [0.2, 0.25) is 0 Å². The first kappa shape index (κ1) is 21.2. The molecule has 0 spiro atoms. The smallest absolute Gasteiger partial charge is 0.342 e. The molecule has 0 saturated heterocycles. The van der Waals surface area contributed by atoms with Gasteiger partial charge < -0.3 is 17.0 Å². The van der Waals surface area contributed by atoms with Gasteiger partial charge in [-0.25, -0.2) is 4.90 Å². The molecule has 4 heteroatoms. The second-order valence-corrected chi connectivity index (χ2v) is 7.98. The number of fused-ring (bicyclic) bond motifs is 3. The van der Waals surface area contributed by atoms with Crippen molar-refractivity contribution in [2.75, 3.05) is 18.0 Å². The van der Waals surface area contributed by atoms with Crippen molar-refractivity contribution < 1.29 is 21.5 Å². The maximum atomic E-state index is 3.91. The summed E-state index contributed by atoms with van der Waals surface area (Å²) in [5.41, 5.74) is 2.91. The van der Waals surface area contributed by atoms with Crippen molar-refractivity contribution in [1.82, 2.24) is 0 Å². The fraction of sp³-hybridized carbons (Fsp3) is 0.500. The van der Waals surface area contributed by atoms with Crippen LogP contribution in [0.15, 0.2) is 36.9 Å². The van der Waals surface area contributed by atoms with Crippen molar-refractivity contribution in [2.45, 2.75) is 58.3 Å². The Morgan fingerprint density at radius 3 is 2.69 bits per heavy atom. The number of halogens is 1. The van der Waals surface area contributed by atoms with E-state index in [1.165, 1.54) is 72.3 Å². The number of aryl methyl sites for hydroxylation is 1. The van der Waals surface area contributed by atoms with E-state index in [-0.39, 0.29) is 17.0 Å². The molecule has 0 amide bonds. The molecule has 0 fully saturated rings. The summed E-state index contributed by atoms with van der Waals surface area (Å²) in [6.45, 7) is 8.07. The average Bonchev–Trinajstić information content (AvgIpc) is 3.02. The lowest BCUT2D eigenvalue weighted by Crippen LogP contribution is -3.00. The van der Waals surface area contributed by atoms with E-state index >= 15 is 0 Å². The van der Waals surface area contributed by atoms with Gasteiger partial charge in [0.1, 0.15) is 13.1 Å². The third-order valence-corrected chi connectivity index (χ3v) is 6.17. The molecule has 0 aliphatic carbocycles. The maximum Gasteiger partial charge on any atom is 0.342 e. The van der Waals surface area contributed by atoms with Crippen LogP contribution in [0.5, 0.6) is 0 Å². The summed E-state index contributed by atoms with van der Waals surface area (Å²) in [7, 11) is 0. The van der Waals surface area contributed by atoms with Crippen LogP contribution in [0.3, 0.4) is 0 Å². The highest BCUT2D eigenvalue weighted by Gasteiger charge is 2.26. The van der Waals surface area contributed by atoms with Crippen molar-refractivity contribution in [2.24, 2.45) is 0 Å². The van der Waals surface area contributed by atoms with Gasteiger partial charge in [-0.15, -0.1) is 0 Å². The number of hydrogen-bond donors (Lipinski definition) is 0. The first-order valence-electron chi connectivity index (χ1n) is 9.83. The largest absolute Gasteiger partial charge is 1.00 e. The minimum atomic E-state index is 0. The van der Waals surface area contributed by atoms with Gasteiger partial charge in [0.15, 0.2) is 5.52 Å². The fourth-order valence-electron chi connectivity index (χ4n) is 3.66. The molecule has 0 saturated carbocycles. The molecule has 1 aliphatic heterocycles. The van der Waals surface area contributed by atoms with Crippen LogP contribution in [-0.4, -0.2) is 13.1 Å². The van der Waals surface area contributed by atoms with Crippen molar-refractivity contribution in [3.05, 3.63) is 42.5 Å². The third kappa shape index (κ3) is 4.98. The number of aromatic nitrogens is 1. The highest BCUT2D eigenvalue weighted by atomic mass is 79.9. The Morgan fingerprint density at radius 1 is 1.15 bits per heavy atom. The van der Waals surface area contributed by atoms with Crippen LogP contribution in [0.25, 0.3) is 16.4 Å². The number of benzene rings is 1. The number of para-hydroxylation sites is 1. The van der Waals surface area contributed by atoms with E-state index in [1.807, 2.05) is 17.4 Å². The highest BCUT2D eigenvalue weighted by Crippen LogP contribution is 2.31. The van der Waals surface area contributed by atoms with Crippen molar-refractivity contribution >= 4 is 32.9 Å². The van der Waals surface area contributed by atoms with Crippen LogP contribution in [-0.2, 0) is 6.42 Å². The summed E-state index contributed by atoms with van der Waals surface area (Å²) in [5.74, 6) is 0. The molecule has 3 rings (SSSR count). The third-order valence-electron chi connectivity index (χ3n) is 4.98. The Kier molecular flexibility index (Phi) is 8.86. The zero-order valence-electron chi connectivity index (χ0n) is 15.9. The fourth-order valence-corrected chi connectivity index (χ4v) is 4.86. The minimum Gasteiger partial charge on any atom is -1.00 e. The molecule has 26 heavy (non-hydrogen) atoms. The van der Waals surface area contributed by atoms with Crippen LogP contribution < -0.4 is 26.4 Å². The minimum absolute atomic E-state index is 0. The first-order valence-corrected chi connectivity index (χ1v) is 10.6. The Labute approximate surface area is 173 Å². The van der Waals surface area contributed by atoms with Gasteiger partial charge in [-0.3, -0.25) is 0 Å². The lowest BCUT2D eigenvalue weighted by atomic mass is 10.0. The standard InChI is InChI=1S/C22H31N2S.BrH/c1-3-5-6-7-8-9-10-13-19-14-11-15-20-21(19)24-18-12-17-23(16-4-2)22(24)25-20;/h4,11-12,14-15,18H,2-3,5-10,13,16-17H2,1H3;1H/q+1;/p-1. The topological polar surface area (TPSA) is 7.12 Å². The molecule has 0 N–H and O–H groups in total. The Balaban J connectivity index is 0.00000243. The summed E-state index contributed by atoms with van der Waals surface area (Å²) in [5, 5.41) is 1.34. The Bertz CT molecular complexity index is 735. The van der Waals surface area contributed by atoms with E-state index in [1.54, 1.807) is 0 Å². The zero-order valence-corrected chi connectivity index (χ0v) is 18.3. The molecule has 2 aromatic rings. The van der Waals surface area contributed by atoms with E-state index in [9.17, 15) is 0 Å². The van der Waals surface area contributed by atoms with Gasteiger partial charge in [0.25, 0.3) is 0 Å². The Morgan fingerprint density at radius 2 is 1.92 bits per heavy atom. The summed E-state index contributed by atoms with van der Waals surface area (Å²) < 4.78 is 3.79. The van der Waals surface area contributed by atoms with Crippen LogP contribution in [0.4, 0.5) is 5.13 Å². The highest BCUT2D eigenvalue weighted by molar-refractivity contribution is 7.21. The van der Waals surface area contributed by atoms with Gasteiger partial charge >= 0.3 is 5.13 Å². The van der Waals surface area contributed by atoms with Gasteiger partial charge in [-0.2, -0.15) is 4.57 Å². The summed E-state index contributed by atoms with van der Waals surface area (Å²) in [6, 6.07) is 6.81. The van der Waals surface area contributed by atoms with Crippen LogP contribution in [0.1, 0.15) is 57.4 Å². The van der Waals surface area contributed by atoms with Crippen LogP contribution in [0, 0.1) is 0 Å². The molecule has 0 atom stereocenters. The van der Waals surface area contributed by atoms with Crippen molar-refractivity contribution in [3.63, 3.8) is 0 Å². The average molecular weight is 435 g/mol. The van der Waals surface area contributed by atoms with Gasteiger partial charge in [-0.1, -0.05) is 70.2 Å². The van der Waals surface area contributed by atoms with Gasteiger partial charge in [0, 0.05) is 5.56 Å². The molecular formula is C22H31BrN2S. The van der Waals surface area contributed by atoms with Crippen molar-refractivity contribution in [1.29, 1.82) is 0 Å². The number of rotatable bonds is 10. The molecule has 1 aromatic heterocycles. The number of anilines is 1. The van der Waals surface area contributed by atoms with E-state index in [0.29, 0.717) is 0 Å². The predicted octanol–water partition coefficient (Wildman–Crippen LogP) is 2.96. The van der Waals surface area contributed by atoms with Gasteiger partial charge in [0.05, 0.1) is 10.9 Å². The lowest BCUT2D eigenvalue weighted by molar-refractivity contribution is -0.522. The molecule has 1 aromatic carbocycles. The lowest BCUT2D eigenvalue weighted by Gasteiger charge is -2.15. The summed E-state index contributed by atoms with van der Waals surface area (Å²) in [4.78, 5) is 2.40. The normalized spacial score (nSPS) is 12.9. The maximum absolute atomic E-state index is 3.91. The summed E-state index contributed by atoms with van der Waals surface area (Å²) >= 11 is 1.90. The molecular weight excluding hydrogens is 404 g/mol. The molecule has 1 aliphatic rings. The second kappa shape index (κ2) is 10.9. The van der Waals surface area contributed by atoms with Crippen molar-refractivity contribution in [3.8, 4) is 0 Å². The first-order chi connectivity index (χ1) is 12.3. The van der Waals surface area contributed by atoms with Crippen LogP contribution in [0.2, 0.25) is 0 Å². The molecule has 2 nitrogen and oxygen atoms in total. The Hall–Kier alpha value is -1.13. The zero-order chi connectivity index (χ0) is 17.5. The number of nitrogens with zero attached hydrogens (tertiary/aromatic N) is 2. The molecule has 142 valence electrons. The monoisotopic (exact) mass is 434 g/mol. The quantitative estimate of drug-likeness (QED) is 0.316. The number of hydrogen-bond acceptors (Lipinski definition) is 2. The summed E-state index contributed by atoms with van der Waals surface area (Å²) in [6.07, 6.45) is 17.3. The predicted molar refractivity (Wildman–Crippen MR) is 111 cm³/mol. The van der Waals surface area contributed by atoms with E-state index in [2.05, 4.69) is 53.4 Å². The SMILES string of the molecule is C=CCN1CC=C[n+]2c1sc1cccc(CCCCCCCCC)c12.[Br-]. The second-order valence-electron chi connectivity index (χ2n) is 6.97. The molecule has 0 unspecified atom stereocenters. The van der Waals surface area contributed by atoms with E-state index in [0.717, 1.165) is 13.1 Å². The van der Waals surface area contributed by atoms with E-state index in [4.69, 9.17) is 0 Å². The van der Waals surface area contributed by atoms with Crippen LogP contribution >= 0.6 is 11.3 Å². The van der Waals surface area contributed by atoms with E-state index < -0.39 is 0 Å². The molecule has 2 heterocycles. The van der Waals surface area contributed by atoms with Gasteiger partial charge in [-0.05, 0) is 36.3 Å². The molecule has 0 radical (unpaired) electrons. The number of unbranched alkanes of at least 4 members (excludes halogenated alkanes) is 6. The molecule has 0 bridgehead atoms.